The Morgan fingerprint density at radius 2 is 1.81 bits per heavy atom. The van der Waals surface area contributed by atoms with Crippen LogP contribution in [0, 0.1) is 0 Å². The van der Waals surface area contributed by atoms with Gasteiger partial charge in [-0.2, -0.15) is 0 Å². The molecule has 0 aromatic carbocycles. The van der Waals surface area contributed by atoms with Gasteiger partial charge in [0, 0.05) is 13.5 Å². The number of esters is 1. The van der Waals surface area contributed by atoms with Crippen LogP contribution in [0.3, 0.4) is 0 Å². The molecule has 122 valence electrons. The number of rotatable bonds is 8. The molecule has 1 atom stereocenters. The molecule has 0 saturated carbocycles. The van der Waals surface area contributed by atoms with E-state index in [2.05, 4.69) is 5.32 Å². The van der Waals surface area contributed by atoms with Crippen LogP contribution in [0.15, 0.2) is 0 Å². The van der Waals surface area contributed by atoms with Crippen LogP contribution in [0.5, 0.6) is 0 Å². The number of methoxy groups -OCH3 is 1. The summed E-state index contributed by atoms with van der Waals surface area (Å²) in [5.74, 6) is -1.80. The van der Waals surface area contributed by atoms with Gasteiger partial charge in [-0.3, -0.25) is 4.79 Å². The summed E-state index contributed by atoms with van der Waals surface area (Å²) in [6.45, 7) is 5.36. The zero-order valence-corrected chi connectivity index (χ0v) is 12.8. The summed E-state index contributed by atoms with van der Waals surface area (Å²) >= 11 is 0. The average molecular weight is 305 g/mol. The second-order valence-electron chi connectivity index (χ2n) is 5.29. The number of hydrogen-bond acceptors (Lipinski definition) is 6. The number of carboxylic acids is 1. The van der Waals surface area contributed by atoms with Gasteiger partial charge in [0.05, 0.1) is 6.61 Å². The minimum absolute atomic E-state index is 0.0829. The fourth-order valence-corrected chi connectivity index (χ4v) is 1.28. The molecule has 0 aliphatic rings. The molecule has 0 heterocycles. The van der Waals surface area contributed by atoms with Crippen LogP contribution in [0.25, 0.3) is 0 Å². The summed E-state index contributed by atoms with van der Waals surface area (Å²) in [6, 6.07) is -1.21. The lowest BCUT2D eigenvalue weighted by Gasteiger charge is -2.21. The zero-order valence-electron chi connectivity index (χ0n) is 12.8. The van der Waals surface area contributed by atoms with Crippen LogP contribution >= 0.6 is 0 Å². The number of amides is 1. The highest BCUT2D eigenvalue weighted by Crippen LogP contribution is 2.08. The molecule has 0 aliphatic heterocycles. The molecular weight excluding hydrogens is 282 g/mol. The number of aliphatic carboxylic acids is 1. The van der Waals surface area contributed by atoms with E-state index in [4.69, 9.17) is 19.3 Å². The summed E-state index contributed by atoms with van der Waals surface area (Å²) in [4.78, 5) is 33.9. The molecule has 0 aromatic heterocycles. The van der Waals surface area contributed by atoms with Gasteiger partial charge >= 0.3 is 18.0 Å². The number of nitrogens with one attached hydrogen (secondary N) is 1. The van der Waals surface area contributed by atoms with Crippen molar-refractivity contribution in [3.05, 3.63) is 0 Å². The minimum Gasteiger partial charge on any atom is -0.480 e. The molecule has 8 nitrogen and oxygen atoms in total. The van der Waals surface area contributed by atoms with Gasteiger partial charge in [0.25, 0.3) is 0 Å². The van der Waals surface area contributed by atoms with E-state index in [1.807, 2.05) is 0 Å². The Morgan fingerprint density at radius 1 is 1.19 bits per heavy atom. The Bertz CT molecular complexity index is 362. The van der Waals surface area contributed by atoms with E-state index in [1.165, 1.54) is 7.11 Å². The van der Waals surface area contributed by atoms with Crippen molar-refractivity contribution in [1.29, 1.82) is 0 Å². The summed E-state index contributed by atoms with van der Waals surface area (Å²) in [6.07, 6.45) is -1.06. The topological polar surface area (TPSA) is 111 Å². The van der Waals surface area contributed by atoms with Crippen molar-refractivity contribution in [2.24, 2.45) is 0 Å². The highest BCUT2D eigenvalue weighted by molar-refractivity contribution is 5.80. The van der Waals surface area contributed by atoms with Gasteiger partial charge in [0.1, 0.15) is 18.2 Å². The first-order chi connectivity index (χ1) is 9.65. The molecule has 0 aliphatic carbocycles. The smallest absolute Gasteiger partial charge is 0.408 e. The third kappa shape index (κ3) is 10.6. The fourth-order valence-electron chi connectivity index (χ4n) is 1.28. The number of carboxylic acid groups (broad SMARTS) is 1. The fraction of sp³-hybridized carbons (Fsp3) is 0.769. The molecule has 0 radical (unpaired) electrons. The second kappa shape index (κ2) is 9.17. The quantitative estimate of drug-likeness (QED) is 0.507. The lowest BCUT2D eigenvalue weighted by atomic mass is 10.1. The van der Waals surface area contributed by atoms with E-state index in [1.54, 1.807) is 20.8 Å². The second-order valence-corrected chi connectivity index (χ2v) is 5.29. The molecule has 0 unspecified atom stereocenters. The standard InChI is InChI=1S/C13H23NO7/c1-13(2,3)21-12(18)14-9(11(16)17)5-6-10(15)20-8-7-19-4/h9H,5-8H2,1-4H3,(H,14,18)(H,16,17)/t9-/m1/s1. The molecule has 0 aromatic rings. The monoisotopic (exact) mass is 305 g/mol. The van der Waals surface area contributed by atoms with Gasteiger partial charge in [-0.25, -0.2) is 9.59 Å². The van der Waals surface area contributed by atoms with E-state index in [0.29, 0.717) is 0 Å². The maximum atomic E-state index is 11.5. The number of carbonyl (C=O) groups excluding carboxylic acids is 2. The van der Waals surface area contributed by atoms with Crippen LogP contribution in [-0.4, -0.2) is 55.1 Å². The molecule has 8 heteroatoms. The molecule has 0 bridgehead atoms. The molecule has 0 fully saturated rings. The van der Waals surface area contributed by atoms with E-state index >= 15 is 0 Å². The minimum atomic E-state index is -1.24. The van der Waals surface area contributed by atoms with Gasteiger partial charge in [-0.1, -0.05) is 0 Å². The number of carbonyl (C=O) groups is 3. The predicted octanol–water partition coefficient (Wildman–Crippen LogP) is 0.934. The molecule has 2 N–H and O–H groups in total. The van der Waals surface area contributed by atoms with Gasteiger partial charge in [-0.15, -0.1) is 0 Å². The Morgan fingerprint density at radius 3 is 2.29 bits per heavy atom. The van der Waals surface area contributed by atoms with Gasteiger partial charge in [-0.05, 0) is 27.2 Å². The summed E-state index contributed by atoms with van der Waals surface area (Å²) < 4.78 is 14.5. The number of hydrogen-bond donors (Lipinski definition) is 2. The Balaban J connectivity index is 4.23. The Hall–Kier alpha value is -1.83. The third-order valence-corrected chi connectivity index (χ3v) is 2.18. The molecule has 21 heavy (non-hydrogen) atoms. The largest absolute Gasteiger partial charge is 0.480 e. The van der Waals surface area contributed by atoms with Crippen molar-refractivity contribution >= 4 is 18.0 Å². The lowest BCUT2D eigenvalue weighted by Crippen LogP contribution is -2.43. The van der Waals surface area contributed by atoms with Gasteiger partial charge < -0.3 is 24.6 Å². The van der Waals surface area contributed by atoms with E-state index in [9.17, 15) is 14.4 Å². The molecule has 1 amide bonds. The van der Waals surface area contributed by atoms with Crippen LogP contribution in [-0.2, 0) is 23.8 Å². The molecule has 0 rings (SSSR count). The molecular formula is C13H23NO7. The average Bonchev–Trinajstić information content (AvgIpc) is 2.32. The maximum Gasteiger partial charge on any atom is 0.408 e. The summed E-state index contributed by atoms with van der Waals surface area (Å²) in [7, 11) is 1.47. The first-order valence-electron chi connectivity index (χ1n) is 6.52. The van der Waals surface area contributed by atoms with Crippen molar-refractivity contribution in [3.8, 4) is 0 Å². The van der Waals surface area contributed by atoms with Crippen LogP contribution in [0.2, 0.25) is 0 Å². The molecule has 0 saturated heterocycles. The zero-order chi connectivity index (χ0) is 16.5. The lowest BCUT2D eigenvalue weighted by molar-refractivity contribution is -0.145. The number of alkyl carbamates (subject to hydrolysis) is 1. The van der Waals surface area contributed by atoms with Crippen LogP contribution in [0.4, 0.5) is 4.79 Å². The van der Waals surface area contributed by atoms with Crippen molar-refractivity contribution in [1.82, 2.24) is 5.32 Å². The van der Waals surface area contributed by atoms with E-state index in [0.717, 1.165) is 0 Å². The van der Waals surface area contributed by atoms with Gasteiger partial charge in [0.2, 0.25) is 0 Å². The number of ether oxygens (including phenoxy) is 3. The first kappa shape index (κ1) is 19.2. The highest BCUT2D eigenvalue weighted by Gasteiger charge is 2.24. The van der Waals surface area contributed by atoms with Crippen LogP contribution in [0.1, 0.15) is 33.6 Å². The SMILES string of the molecule is COCCOC(=O)CC[C@@H](NC(=O)OC(C)(C)C)C(=O)O. The van der Waals surface area contributed by atoms with Crippen molar-refractivity contribution in [3.63, 3.8) is 0 Å². The van der Waals surface area contributed by atoms with Crippen molar-refractivity contribution < 1.29 is 33.7 Å². The van der Waals surface area contributed by atoms with E-state index in [-0.39, 0.29) is 26.1 Å². The Kier molecular flexibility index (Phi) is 8.37. The summed E-state index contributed by atoms with van der Waals surface area (Å²) in [5, 5.41) is 11.2. The maximum absolute atomic E-state index is 11.5. The van der Waals surface area contributed by atoms with Crippen LogP contribution < -0.4 is 5.32 Å². The molecule has 0 spiro atoms. The van der Waals surface area contributed by atoms with Crippen molar-refractivity contribution in [2.75, 3.05) is 20.3 Å². The summed E-state index contributed by atoms with van der Waals surface area (Å²) in [5.41, 5.74) is -0.730. The Labute approximate surface area is 123 Å². The van der Waals surface area contributed by atoms with Gasteiger partial charge in [0.15, 0.2) is 0 Å². The normalized spacial score (nSPS) is 12.4. The van der Waals surface area contributed by atoms with E-state index < -0.39 is 29.7 Å². The first-order valence-corrected chi connectivity index (χ1v) is 6.52. The highest BCUT2D eigenvalue weighted by atomic mass is 16.6. The van der Waals surface area contributed by atoms with Crippen molar-refractivity contribution in [2.45, 2.75) is 45.3 Å². The third-order valence-electron chi connectivity index (χ3n) is 2.18. The predicted molar refractivity (Wildman–Crippen MR) is 72.9 cm³/mol.